The maximum atomic E-state index is 11.9. The van der Waals surface area contributed by atoms with Crippen LogP contribution in [-0.4, -0.2) is 16.1 Å². The monoisotopic (exact) mass is 323 g/mol. The highest BCUT2D eigenvalue weighted by molar-refractivity contribution is 7.15. The minimum atomic E-state index is -0.104. The second-order valence-corrected chi connectivity index (χ2v) is 6.96. The highest BCUT2D eigenvalue weighted by Gasteiger charge is 2.10. The van der Waals surface area contributed by atoms with E-state index in [2.05, 4.69) is 22.4 Å². The molecule has 4 nitrogen and oxygen atoms in total. The quantitative estimate of drug-likeness (QED) is 0.677. The molecule has 0 atom stereocenters. The summed E-state index contributed by atoms with van der Waals surface area (Å²) in [5.41, 5.74) is 0. The molecule has 6 heteroatoms. The number of carbonyl (C=O) groups is 1. The van der Waals surface area contributed by atoms with Gasteiger partial charge in [0.2, 0.25) is 5.13 Å². The molecule has 0 aliphatic carbocycles. The minimum Gasteiger partial charge on any atom is -0.296 e. The van der Waals surface area contributed by atoms with Crippen molar-refractivity contribution in [2.24, 2.45) is 0 Å². The summed E-state index contributed by atoms with van der Waals surface area (Å²) in [6.07, 6.45) is 8.59. The lowest BCUT2D eigenvalue weighted by atomic mass is 10.1. The van der Waals surface area contributed by atoms with E-state index in [1.54, 1.807) is 6.07 Å². The standard InChI is InChI=1S/C15H21N3OS2/c1-2-3-4-5-6-7-10-13-17-18-15(21-13)16-14(19)12-9-8-11-20-12/h8-9,11H,2-7,10H2,1H3,(H,16,18,19). The third-order valence-electron chi connectivity index (χ3n) is 3.18. The van der Waals surface area contributed by atoms with E-state index < -0.39 is 0 Å². The molecule has 114 valence electrons. The van der Waals surface area contributed by atoms with Gasteiger partial charge in [0.05, 0.1) is 4.88 Å². The maximum absolute atomic E-state index is 11.9. The van der Waals surface area contributed by atoms with Gasteiger partial charge in [-0.2, -0.15) is 0 Å². The molecule has 21 heavy (non-hydrogen) atoms. The summed E-state index contributed by atoms with van der Waals surface area (Å²) in [5.74, 6) is -0.104. The summed E-state index contributed by atoms with van der Waals surface area (Å²) in [4.78, 5) is 12.6. The lowest BCUT2D eigenvalue weighted by molar-refractivity contribution is 0.103. The van der Waals surface area contributed by atoms with Crippen LogP contribution < -0.4 is 5.32 Å². The number of aryl methyl sites for hydroxylation is 1. The number of hydrogen-bond donors (Lipinski definition) is 1. The Hall–Kier alpha value is -1.27. The van der Waals surface area contributed by atoms with E-state index in [-0.39, 0.29) is 5.91 Å². The van der Waals surface area contributed by atoms with Gasteiger partial charge in [0, 0.05) is 6.42 Å². The number of hydrogen-bond acceptors (Lipinski definition) is 5. The van der Waals surface area contributed by atoms with Crippen LogP contribution in [0.3, 0.4) is 0 Å². The maximum Gasteiger partial charge on any atom is 0.267 e. The van der Waals surface area contributed by atoms with E-state index in [0.717, 1.165) is 17.8 Å². The van der Waals surface area contributed by atoms with Gasteiger partial charge in [0.15, 0.2) is 0 Å². The average Bonchev–Trinajstić information content (AvgIpc) is 3.14. The smallest absolute Gasteiger partial charge is 0.267 e. The Morgan fingerprint density at radius 2 is 2.00 bits per heavy atom. The topological polar surface area (TPSA) is 54.9 Å². The number of unbranched alkanes of at least 4 members (excludes halogenated alkanes) is 5. The fraction of sp³-hybridized carbons (Fsp3) is 0.533. The van der Waals surface area contributed by atoms with Crippen molar-refractivity contribution in [3.63, 3.8) is 0 Å². The molecule has 2 heterocycles. The normalized spacial score (nSPS) is 10.7. The van der Waals surface area contributed by atoms with Crippen molar-refractivity contribution in [2.45, 2.75) is 51.9 Å². The first-order valence-electron chi connectivity index (χ1n) is 7.47. The molecule has 2 aromatic rings. The molecule has 0 saturated carbocycles. The first kappa shape index (κ1) is 16.1. The number of thiophene rings is 1. The zero-order valence-electron chi connectivity index (χ0n) is 12.3. The Balaban J connectivity index is 1.70. The third kappa shape index (κ3) is 5.55. The van der Waals surface area contributed by atoms with E-state index >= 15 is 0 Å². The van der Waals surface area contributed by atoms with Crippen molar-refractivity contribution in [2.75, 3.05) is 5.32 Å². The van der Waals surface area contributed by atoms with Crippen LogP contribution in [0.1, 0.15) is 60.1 Å². The van der Waals surface area contributed by atoms with Gasteiger partial charge in [-0.05, 0) is 17.9 Å². The Kier molecular flexibility index (Phi) is 6.82. The number of rotatable bonds is 9. The molecule has 0 aromatic carbocycles. The summed E-state index contributed by atoms with van der Waals surface area (Å²) < 4.78 is 0. The fourth-order valence-electron chi connectivity index (χ4n) is 2.03. The number of amides is 1. The molecule has 2 aromatic heterocycles. The third-order valence-corrected chi connectivity index (χ3v) is 4.94. The summed E-state index contributed by atoms with van der Waals surface area (Å²) in [6, 6.07) is 3.67. The van der Waals surface area contributed by atoms with Crippen LogP contribution in [0.2, 0.25) is 0 Å². The summed E-state index contributed by atoms with van der Waals surface area (Å²) in [7, 11) is 0. The van der Waals surface area contributed by atoms with Crippen LogP contribution in [0.15, 0.2) is 17.5 Å². The van der Waals surface area contributed by atoms with Crippen molar-refractivity contribution in [3.05, 3.63) is 27.4 Å². The predicted octanol–water partition coefficient (Wildman–Crippen LogP) is 4.75. The molecule has 0 bridgehead atoms. The van der Waals surface area contributed by atoms with Crippen molar-refractivity contribution in [3.8, 4) is 0 Å². The van der Waals surface area contributed by atoms with Crippen LogP contribution >= 0.6 is 22.7 Å². The first-order chi connectivity index (χ1) is 10.3. The lowest BCUT2D eigenvalue weighted by Gasteiger charge is -1.98. The van der Waals surface area contributed by atoms with Gasteiger partial charge in [-0.1, -0.05) is 56.4 Å². The molecule has 0 unspecified atom stereocenters. The number of nitrogens with one attached hydrogen (secondary N) is 1. The van der Waals surface area contributed by atoms with Crippen molar-refractivity contribution in [1.29, 1.82) is 0 Å². The molecule has 1 amide bonds. The van der Waals surface area contributed by atoms with Gasteiger partial charge in [0.1, 0.15) is 5.01 Å². The van der Waals surface area contributed by atoms with Gasteiger partial charge in [-0.15, -0.1) is 21.5 Å². The largest absolute Gasteiger partial charge is 0.296 e. The molecule has 0 aliphatic heterocycles. The Bertz CT molecular complexity index is 537. The molecule has 0 radical (unpaired) electrons. The van der Waals surface area contributed by atoms with Crippen molar-refractivity contribution in [1.82, 2.24) is 10.2 Å². The Labute approximate surface area is 133 Å². The van der Waals surface area contributed by atoms with Gasteiger partial charge in [-0.25, -0.2) is 0 Å². The number of aromatic nitrogens is 2. The minimum absolute atomic E-state index is 0.104. The van der Waals surface area contributed by atoms with Crippen LogP contribution in [0, 0.1) is 0 Å². The summed E-state index contributed by atoms with van der Waals surface area (Å²) in [6.45, 7) is 2.23. The molecule has 0 fully saturated rings. The molecule has 0 saturated heterocycles. The van der Waals surface area contributed by atoms with E-state index in [1.165, 1.54) is 54.8 Å². The highest BCUT2D eigenvalue weighted by atomic mass is 32.1. The average molecular weight is 323 g/mol. The summed E-state index contributed by atoms with van der Waals surface area (Å²) >= 11 is 2.90. The molecular weight excluding hydrogens is 302 g/mol. The van der Waals surface area contributed by atoms with Crippen molar-refractivity contribution >= 4 is 33.7 Å². The second-order valence-electron chi connectivity index (χ2n) is 4.95. The van der Waals surface area contributed by atoms with E-state index in [9.17, 15) is 4.79 Å². The lowest BCUT2D eigenvalue weighted by Crippen LogP contribution is -2.09. The highest BCUT2D eigenvalue weighted by Crippen LogP contribution is 2.19. The number of anilines is 1. The van der Waals surface area contributed by atoms with E-state index in [0.29, 0.717) is 10.0 Å². The molecule has 0 spiro atoms. The van der Waals surface area contributed by atoms with E-state index in [1.807, 2.05) is 11.4 Å². The van der Waals surface area contributed by atoms with Gasteiger partial charge in [0.25, 0.3) is 5.91 Å². The van der Waals surface area contributed by atoms with Gasteiger partial charge in [-0.3, -0.25) is 10.1 Å². The van der Waals surface area contributed by atoms with Gasteiger partial charge < -0.3 is 0 Å². The second kappa shape index (κ2) is 8.89. The predicted molar refractivity (Wildman–Crippen MR) is 89.3 cm³/mol. The molecule has 1 N–H and O–H groups in total. The van der Waals surface area contributed by atoms with Crippen LogP contribution in [0.4, 0.5) is 5.13 Å². The zero-order chi connectivity index (χ0) is 14.9. The molecule has 0 aliphatic rings. The van der Waals surface area contributed by atoms with Crippen LogP contribution in [-0.2, 0) is 6.42 Å². The number of carbonyl (C=O) groups excluding carboxylic acids is 1. The van der Waals surface area contributed by atoms with E-state index in [4.69, 9.17) is 0 Å². The molecule has 2 rings (SSSR count). The molecular formula is C15H21N3OS2. The van der Waals surface area contributed by atoms with Crippen LogP contribution in [0.5, 0.6) is 0 Å². The Morgan fingerprint density at radius 1 is 1.19 bits per heavy atom. The SMILES string of the molecule is CCCCCCCCc1nnc(NC(=O)c2cccs2)s1. The fourth-order valence-corrected chi connectivity index (χ4v) is 3.42. The van der Waals surface area contributed by atoms with Crippen molar-refractivity contribution < 1.29 is 4.79 Å². The number of nitrogens with zero attached hydrogens (tertiary/aromatic N) is 2. The first-order valence-corrected chi connectivity index (χ1v) is 9.16. The summed E-state index contributed by atoms with van der Waals surface area (Å²) in [5, 5.41) is 14.5. The van der Waals surface area contributed by atoms with Gasteiger partial charge >= 0.3 is 0 Å². The Morgan fingerprint density at radius 3 is 2.76 bits per heavy atom. The van der Waals surface area contributed by atoms with Crippen LogP contribution in [0.25, 0.3) is 0 Å². The zero-order valence-corrected chi connectivity index (χ0v) is 13.9.